The maximum atomic E-state index is 12.7. The van der Waals surface area contributed by atoms with Crippen LogP contribution in [0.3, 0.4) is 0 Å². The first-order valence-electron chi connectivity index (χ1n) is 5.66. The zero-order valence-electron chi connectivity index (χ0n) is 10.9. The number of hydrogen-bond acceptors (Lipinski definition) is 3. The quantitative estimate of drug-likeness (QED) is 0.845. The third kappa shape index (κ3) is 5.23. The highest BCUT2D eigenvalue weighted by molar-refractivity contribution is 7.93. The Bertz CT molecular complexity index is 609. The number of benzene rings is 1. The lowest BCUT2D eigenvalue weighted by Crippen LogP contribution is -2.39. The summed E-state index contributed by atoms with van der Waals surface area (Å²) in [5.41, 5.74) is 0.503. The van der Waals surface area contributed by atoms with Gasteiger partial charge in [-0.25, -0.2) is 22.3 Å². The van der Waals surface area contributed by atoms with Gasteiger partial charge in [-0.2, -0.15) is 0 Å². The molecule has 0 saturated carbocycles. The third-order valence-electron chi connectivity index (χ3n) is 2.29. The number of nitrogens with zero attached hydrogens (tertiary/aromatic N) is 1. The summed E-state index contributed by atoms with van der Waals surface area (Å²) in [6.45, 7) is 3.67. The van der Waals surface area contributed by atoms with Crippen molar-refractivity contribution in [3.05, 3.63) is 53.7 Å². The van der Waals surface area contributed by atoms with Gasteiger partial charge in [0.05, 0.1) is 5.41 Å². The molecule has 1 rings (SSSR count). The van der Waals surface area contributed by atoms with Crippen LogP contribution in [0.2, 0.25) is 0 Å². The van der Waals surface area contributed by atoms with Crippen molar-refractivity contribution >= 4 is 22.1 Å². The van der Waals surface area contributed by atoms with Crippen molar-refractivity contribution < 1.29 is 17.6 Å². The highest BCUT2D eigenvalue weighted by Crippen LogP contribution is 2.05. The number of carbonyl (C=O) groups excluding carboxylic acids is 1. The third-order valence-corrected chi connectivity index (χ3v) is 3.24. The van der Waals surface area contributed by atoms with E-state index in [1.54, 1.807) is 0 Å². The van der Waals surface area contributed by atoms with E-state index in [0.29, 0.717) is 5.56 Å². The van der Waals surface area contributed by atoms with Crippen molar-refractivity contribution in [1.29, 1.82) is 0 Å². The molecule has 0 aliphatic carbocycles. The number of amides is 2. The van der Waals surface area contributed by atoms with Gasteiger partial charge in [0.1, 0.15) is 5.82 Å². The van der Waals surface area contributed by atoms with Crippen LogP contribution in [0.4, 0.5) is 9.18 Å². The first-order valence-corrected chi connectivity index (χ1v) is 7.21. The lowest BCUT2D eigenvalue weighted by molar-refractivity contribution is 0.219. The van der Waals surface area contributed by atoms with Gasteiger partial charge in [0.15, 0.2) is 0 Å². The number of halogens is 1. The average molecular weight is 298 g/mol. The second kappa shape index (κ2) is 6.85. The summed E-state index contributed by atoms with van der Waals surface area (Å²) >= 11 is 0. The van der Waals surface area contributed by atoms with E-state index < -0.39 is 21.9 Å². The molecule has 0 atom stereocenters. The summed E-state index contributed by atoms with van der Waals surface area (Å²) in [7, 11) is -2.46. The van der Waals surface area contributed by atoms with Gasteiger partial charge in [-0.3, -0.25) is 0 Å². The minimum absolute atomic E-state index is 0.225. The van der Waals surface area contributed by atoms with Gasteiger partial charge in [0.2, 0.25) is 0 Å². The van der Waals surface area contributed by atoms with E-state index in [1.165, 1.54) is 43.5 Å². The topological polar surface area (TPSA) is 66.5 Å². The van der Waals surface area contributed by atoms with Gasteiger partial charge >= 0.3 is 6.03 Å². The van der Waals surface area contributed by atoms with Crippen LogP contribution in [0.15, 0.2) is 42.3 Å². The predicted molar refractivity (Wildman–Crippen MR) is 75.7 cm³/mol. The van der Waals surface area contributed by atoms with Crippen LogP contribution >= 0.6 is 0 Å². The van der Waals surface area contributed by atoms with Crippen molar-refractivity contribution in [3.8, 4) is 0 Å². The van der Waals surface area contributed by atoms with Gasteiger partial charge in [0.25, 0.3) is 10.0 Å². The van der Waals surface area contributed by atoms with Crippen molar-refractivity contribution in [1.82, 2.24) is 9.62 Å². The zero-order chi connectivity index (χ0) is 15.2. The molecule has 0 fully saturated rings. The number of sulfonamides is 1. The van der Waals surface area contributed by atoms with Crippen LogP contribution in [-0.2, 0) is 10.0 Å². The van der Waals surface area contributed by atoms with Crippen LogP contribution in [0.5, 0.6) is 0 Å². The summed E-state index contributed by atoms with van der Waals surface area (Å²) in [5.74, 6) is -0.413. The summed E-state index contributed by atoms with van der Waals surface area (Å²) < 4.78 is 37.8. The molecule has 1 aromatic carbocycles. The normalized spacial score (nSPS) is 11.3. The Morgan fingerprint density at radius 2 is 2.00 bits per heavy atom. The summed E-state index contributed by atoms with van der Waals surface area (Å²) in [5, 5.41) is 0.847. The molecule has 2 amide bonds. The summed E-state index contributed by atoms with van der Waals surface area (Å²) in [4.78, 5) is 12.7. The molecular weight excluding hydrogens is 283 g/mol. The van der Waals surface area contributed by atoms with Crippen LogP contribution < -0.4 is 4.72 Å². The molecule has 1 N–H and O–H groups in total. The Balaban J connectivity index is 2.72. The SMILES string of the molecule is C=CCN(C)C(=O)NS(=O)(=O)/C=C/c1ccc(F)cc1. The standard InChI is InChI=1S/C13H15FN2O3S/c1-3-9-16(2)13(17)15-20(18,19)10-8-11-4-6-12(14)7-5-11/h3-8,10H,1,9H2,2H3,(H,15,17)/b10-8+. The highest BCUT2D eigenvalue weighted by atomic mass is 32.2. The molecule has 0 saturated heterocycles. The fourth-order valence-electron chi connectivity index (χ4n) is 1.25. The van der Waals surface area contributed by atoms with E-state index in [-0.39, 0.29) is 6.54 Å². The maximum Gasteiger partial charge on any atom is 0.331 e. The Kier molecular flexibility index (Phi) is 5.45. The number of hydrogen-bond donors (Lipinski definition) is 1. The van der Waals surface area contributed by atoms with Crippen molar-refractivity contribution in [2.75, 3.05) is 13.6 Å². The van der Waals surface area contributed by atoms with Gasteiger partial charge in [-0.1, -0.05) is 18.2 Å². The van der Waals surface area contributed by atoms with Crippen LogP contribution in [-0.4, -0.2) is 32.9 Å². The molecule has 1 aromatic rings. The molecule has 108 valence electrons. The van der Waals surface area contributed by atoms with E-state index in [9.17, 15) is 17.6 Å². The van der Waals surface area contributed by atoms with Crippen molar-refractivity contribution in [2.45, 2.75) is 0 Å². The monoisotopic (exact) mass is 298 g/mol. The lowest BCUT2D eigenvalue weighted by Gasteiger charge is -2.14. The number of likely N-dealkylation sites (N-methyl/N-ethyl adjacent to an activating group) is 1. The number of carbonyl (C=O) groups is 1. The van der Waals surface area contributed by atoms with E-state index >= 15 is 0 Å². The molecular formula is C13H15FN2O3S. The zero-order valence-corrected chi connectivity index (χ0v) is 11.7. The molecule has 0 heterocycles. The second-order valence-corrected chi connectivity index (χ2v) is 5.54. The fraction of sp³-hybridized carbons (Fsp3) is 0.154. The molecule has 5 nitrogen and oxygen atoms in total. The van der Waals surface area contributed by atoms with Crippen LogP contribution in [0.1, 0.15) is 5.56 Å². The molecule has 0 bridgehead atoms. The Morgan fingerprint density at radius 1 is 1.40 bits per heavy atom. The van der Waals surface area contributed by atoms with Gasteiger partial charge in [-0.15, -0.1) is 6.58 Å². The van der Waals surface area contributed by atoms with E-state index in [1.807, 2.05) is 4.72 Å². The Labute approximate surface area is 117 Å². The first-order chi connectivity index (χ1) is 9.34. The predicted octanol–water partition coefficient (Wildman–Crippen LogP) is 1.95. The minimum atomic E-state index is -3.90. The molecule has 20 heavy (non-hydrogen) atoms. The van der Waals surface area contributed by atoms with E-state index in [4.69, 9.17) is 0 Å². The molecule has 0 aliphatic heterocycles. The van der Waals surface area contributed by atoms with E-state index in [0.717, 1.165) is 10.3 Å². The summed E-state index contributed by atoms with van der Waals surface area (Å²) in [6, 6.07) is 4.51. The molecule has 0 radical (unpaired) electrons. The maximum absolute atomic E-state index is 12.7. The van der Waals surface area contributed by atoms with E-state index in [2.05, 4.69) is 6.58 Å². The average Bonchev–Trinajstić information content (AvgIpc) is 2.38. The molecule has 0 spiro atoms. The van der Waals surface area contributed by atoms with Crippen LogP contribution in [0.25, 0.3) is 6.08 Å². The number of rotatable bonds is 5. The smallest absolute Gasteiger partial charge is 0.323 e. The fourth-order valence-corrected chi connectivity index (χ4v) is 2.06. The Hall–Kier alpha value is -2.15. The first kappa shape index (κ1) is 15.9. The highest BCUT2D eigenvalue weighted by Gasteiger charge is 2.13. The molecule has 0 aromatic heterocycles. The number of urea groups is 1. The molecule has 0 unspecified atom stereocenters. The summed E-state index contributed by atoms with van der Waals surface area (Å²) in [6.07, 6.45) is 2.74. The van der Waals surface area contributed by atoms with Crippen molar-refractivity contribution in [2.24, 2.45) is 0 Å². The largest absolute Gasteiger partial charge is 0.331 e. The van der Waals surface area contributed by atoms with Gasteiger partial charge < -0.3 is 4.90 Å². The van der Waals surface area contributed by atoms with Crippen LogP contribution in [0, 0.1) is 5.82 Å². The second-order valence-electron chi connectivity index (χ2n) is 3.98. The van der Waals surface area contributed by atoms with Crippen molar-refractivity contribution in [3.63, 3.8) is 0 Å². The Morgan fingerprint density at radius 3 is 2.55 bits per heavy atom. The molecule has 0 aliphatic rings. The van der Waals surface area contributed by atoms with Gasteiger partial charge in [-0.05, 0) is 23.8 Å². The van der Waals surface area contributed by atoms with Gasteiger partial charge in [0, 0.05) is 13.6 Å². The minimum Gasteiger partial charge on any atom is -0.323 e. The lowest BCUT2D eigenvalue weighted by atomic mass is 10.2. The number of nitrogens with one attached hydrogen (secondary N) is 1. The molecule has 7 heteroatoms.